The molecule has 1 fully saturated rings. The number of aryl methyl sites for hydroxylation is 1. The van der Waals surface area contributed by atoms with Crippen LogP contribution in [0.2, 0.25) is 5.31 Å². The SMILES string of the molecule is CCC(F)F.[B]C(C)(C)C(C)c1nc(NC2CCN(C)C[C@@H]2F)nn2cc(F)c(-c3ccc(N=NC)c(C)c3)c12. The van der Waals surface area contributed by atoms with Crippen molar-refractivity contribution >= 4 is 25.0 Å². The van der Waals surface area contributed by atoms with Gasteiger partial charge < -0.3 is 10.2 Å². The van der Waals surface area contributed by atoms with E-state index in [4.69, 9.17) is 12.8 Å². The van der Waals surface area contributed by atoms with E-state index >= 15 is 4.39 Å². The maximum Gasteiger partial charge on any atom is 0.241 e. The van der Waals surface area contributed by atoms with E-state index in [-0.39, 0.29) is 18.3 Å². The molecule has 1 aliphatic heterocycles. The van der Waals surface area contributed by atoms with Gasteiger partial charge in [0.2, 0.25) is 12.4 Å². The van der Waals surface area contributed by atoms with Gasteiger partial charge in [-0.1, -0.05) is 39.1 Å². The Morgan fingerprint density at radius 1 is 1.27 bits per heavy atom. The zero-order valence-electron chi connectivity index (χ0n) is 24.2. The Kier molecular flexibility index (Phi) is 10.3. The predicted octanol–water partition coefficient (Wildman–Crippen LogP) is 7.14. The zero-order valence-corrected chi connectivity index (χ0v) is 24.2. The van der Waals surface area contributed by atoms with Crippen molar-refractivity contribution in [2.24, 2.45) is 10.2 Å². The second kappa shape index (κ2) is 13.1. The Morgan fingerprint density at radius 3 is 2.50 bits per heavy atom. The second-order valence-electron chi connectivity index (χ2n) is 10.9. The summed E-state index contributed by atoms with van der Waals surface area (Å²) in [6.45, 7) is 10.2. The molecule has 3 aromatic rings. The summed E-state index contributed by atoms with van der Waals surface area (Å²) < 4.78 is 53.2. The van der Waals surface area contributed by atoms with Gasteiger partial charge in [0.05, 0.1) is 37.0 Å². The maximum atomic E-state index is 15.5. The highest BCUT2D eigenvalue weighted by Gasteiger charge is 2.31. The van der Waals surface area contributed by atoms with Gasteiger partial charge in [0, 0.05) is 32.1 Å². The van der Waals surface area contributed by atoms with Crippen LogP contribution in [0.4, 0.5) is 29.2 Å². The van der Waals surface area contributed by atoms with Gasteiger partial charge in [0.1, 0.15) is 6.17 Å². The molecule has 1 aliphatic rings. The minimum Gasteiger partial charge on any atom is -0.347 e. The van der Waals surface area contributed by atoms with Gasteiger partial charge in [-0.2, -0.15) is 10.2 Å². The molecule has 2 unspecified atom stereocenters. The molecule has 216 valence electrons. The van der Waals surface area contributed by atoms with Crippen LogP contribution in [0, 0.1) is 12.7 Å². The third kappa shape index (κ3) is 7.38. The van der Waals surface area contributed by atoms with Crippen molar-refractivity contribution in [2.45, 2.75) is 77.3 Å². The number of aromatic nitrogens is 3. The molecule has 40 heavy (non-hydrogen) atoms. The molecule has 12 heteroatoms. The Bertz CT molecular complexity index is 1320. The summed E-state index contributed by atoms with van der Waals surface area (Å²) in [5, 5.41) is 15.0. The van der Waals surface area contributed by atoms with E-state index in [1.165, 1.54) is 17.6 Å². The van der Waals surface area contributed by atoms with Crippen molar-refractivity contribution in [3.63, 3.8) is 0 Å². The van der Waals surface area contributed by atoms with Crippen molar-refractivity contribution in [1.82, 2.24) is 19.5 Å². The molecule has 3 heterocycles. The van der Waals surface area contributed by atoms with Crippen LogP contribution in [0.15, 0.2) is 34.6 Å². The van der Waals surface area contributed by atoms with Gasteiger partial charge >= 0.3 is 0 Å². The molecule has 3 atom stereocenters. The summed E-state index contributed by atoms with van der Waals surface area (Å²) in [5.41, 5.74) is 3.82. The van der Waals surface area contributed by atoms with E-state index in [0.717, 1.165) is 17.8 Å². The quantitative estimate of drug-likeness (QED) is 0.190. The number of nitrogens with zero attached hydrogens (tertiary/aromatic N) is 6. The Labute approximate surface area is 234 Å². The van der Waals surface area contributed by atoms with Crippen LogP contribution in [0.5, 0.6) is 0 Å². The third-order valence-electron chi connectivity index (χ3n) is 7.20. The van der Waals surface area contributed by atoms with E-state index in [1.807, 2.05) is 57.8 Å². The number of anilines is 1. The molecular formula is C28H38BF4N7. The largest absolute Gasteiger partial charge is 0.347 e. The van der Waals surface area contributed by atoms with Crippen molar-refractivity contribution in [3.8, 4) is 11.1 Å². The normalized spacial score (nSPS) is 19.2. The number of piperidine rings is 1. The number of halogens is 4. The highest BCUT2D eigenvalue weighted by molar-refractivity contribution is 6.15. The van der Waals surface area contributed by atoms with Crippen LogP contribution in [-0.2, 0) is 0 Å². The smallest absolute Gasteiger partial charge is 0.241 e. The first-order valence-corrected chi connectivity index (χ1v) is 13.4. The van der Waals surface area contributed by atoms with Gasteiger partial charge in [-0.15, -0.1) is 5.10 Å². The molecule has 0 bridgehead atoms. The molecule has 7 nitrogen and oxygen atoms in total. The van der Waals surface area contributed by atoms with Crippen LogP contribution in [-0.4, -0.2) is 73.2 Å². The molecule has 2 radical (unpaired) electrons. The number of azo groups is 1. The van der Waals surface area contributed by atoms with Gasteiger partial charge in [0.15, 0.2) is 5.82 Å². The lowest BCUT2D eigenvalue weighted by Gasteiger charge is -2.33. The Balaban J connectivity index is 0.000000810. The van der Waals surface area contributed by atoms with Crippen LogP contribution in [0.3, 0.4) is 0 Å². The lowest BCUT2D eigenvalue weighted by molar-refractivity contribution is 0.144. The van der Waals surface area contributed by atoms with E-state index in [0.29, 0.717) is 35.3 Å². The summed E-state index contributed by atoms with van der Waals surface area (Å²) in [6, 6.07) is 5.09. The number of nitrogens with one attached hydrogen (secondary N) is 1. The van der Waals surface area contributed by atoms with Crippen LogP contribution < -0.4 is 5.32 Å². The summed E-state index contributed by atoms with van der Waals surface area (Å²) in [5.74, 6) is -0.404. The summed E-state index contributed by atoms with van der Waals surface area (Å²) >= 11 is 0. The molecule has 1 aromatic carbocycles. The molecule has 4 rings (SSSR count). The number of hydrogen-bond acceptors (Lipinski definition) is 6. The molecular weight excluding hydrogens is 521 g/mol. The lowest BCUT2D eigenvalue weighted by Crippen LogP contribution is -2.46. The fourth-order valence-electron chi connectivity index (χ4n) is 4.49. The van der Waals surface area contributed by atoms with Crippen molar-refractivity contribution in [1.29, 1.82) is 0 Å². The number of alkyl halides is 3. The molecule has 1 N–H and O–H groups in total. The molecule has 0 saturated carbocycles. The zero-order chi connectivity index (χ0) is 29.8. The van der Waals surface area contributed by atoms with E-state index in [1.54, 1.807) is 7.05 Å². The number of hydrogen-bond donors (Lipinski definition) is 1. The van der Waals surface area contributed by atoms with E-state index < -0.39 is 29.8 Å². The number of fused-ring (bicyclic) bond motifs is 1. The average molecular weight is 559 g/mol. The number of likely N-dealkylation sites (tertiary alicyclic amines) is 1. The van der Waals surface area contributed by atoms with Gasteiger partial charge in [-0.25, -0.2) is 27.1 Å². The lowest BCUT2D eigenvalue weighted by atomic mass is 9.63. The van der Waals surface area contributed by atoms with Gasteiger partial charge in [0.25, 0.3) is 0 Å². The van der Waals surface area contributed by atoms with Gasteiger partial charge in [-0.3, -0.25) is 0 Å². The molecule has 2 aromatic heterocycles. The fraction of sp³-hybridized carbons (Fsp3) is 0.571. The molecule has 1 saturated heterocycles. The van der Waals surface area contributed by atoms with Gasteiger partial charge in [-0.05, 0) is 49.6 Å². The minimum absolute atomic E-state index is 0.0278. The first-order valence-electron chi connectivity index (χ1n) is 13.4. The van der Waals surface area contributed by atoms with Crippen LogP contribution >= 0.6 is 0 Å². The average Bonchev–Trinajstić information content (AvgIpc) is 3.21. The number of rotatable bonds is 7. The molecule has 0 amide bonds. The first-order chi connectivity index (χ1) is 18.8. The molecule has 0 aliphatic carbocycles. The van der Waals surface area contributed by atoms with Crippen molar-refractivity contribution in [3.05, 3.63) is 41.5 Å². The van der Waals surface area contributed by atoms with E-state index in [9.17, 15) is 13.2 Å². The first kappa shape index (κ1) is 31.5. The monoisotopic (exact) mass is 559 g/mol. The fourth-order valence-corrected chi connectivity index (χ4v) is 4.49. The van der Waals surface area contributed by atoms with Crippen molar-refractivity contribution < 1.29 is 17.6 Å². The van der Waals surface area contributed by atoms with Crippen molar-refractivity contribution in [2.75, 3.05) is 32.5 Å². The Hall–Kier alpha value is -3.02. The maximum absolute atomic E-state index is 15.5. The summed E-state index contributed by atoms with van der Waals surface area (Å²) in [4.78, 5) is 6.74. The minimum atomic E-state index is -2.12. The van der Waals surface area contributed by atoms with Crippen LogP contribution in [0.1, 0.15) is 57.7 Å². The standard InChI is InChI=1S/C25H32BF2N7.C3H6F2/c1-14-11-16(7-8-19(14)32-29-5)21-18(28)13-35-23(21)22(15(2)25(3,4)26)31-24(33-35)30-20-9-10-34(6)12-17(20)27;1-2-3(4)5/h7-8,11,13,15,17,20H,9-10,12H2,1-6H3,(H,30,33);3H,2H2,1H3/t15?,17-,20?;/m0./s1. The second-order valence-corrected chi connectivity index (χ2v) is 10.9. The molecule has 0 spiro atoms. The number of benzene rings is 1. The predicted molar refractivity (Wildman–Crippen MR) is 152 cm³/mol. The highest BCUT2D eigenvalue weighted by atomic mass is 19.3. The Morgan fingerprint density at radius 2 is 1.95 bits per heavy atom. The highest BCUT2D eigenvalue weighted by Crippen LogP contribution is 2.43. The third-order valence-corrected chi connectivity index (χ3v) is 7.20. The summed E-state index contributed by atoms with van der Waals surface area (Å²) in [6.07, 6.45) is -1.24. The van der Waals surface area contributed by atoms with Crippen LogP contribution in [0.25, 0.3) is 16.6 Å². The topological polar surface area (TPSA) is 70.2 Å². The summed E-state index contributed by atoms with van der Waals surface area (Å²) in [7, 11) is 9.98. The van der Waals surface area contributed by atoms with E-state index in [2.05, 4.69) is 20.6 Å².